The van der Waals surface area contributed by atoms with Gasteiger partial charge in [-0.25, -0.2) is 0 Å². The first-order valence-corrected chi connectivity index (χ1v) is 8.67. The quantitative estimate of drug-likeness (QED) is 0.848. The molecule has 21 heavy (non-hydrogen) atoms. The second-order valence-corrected chi connectivity index (χ2v) is 7.38. The molecule has 0 saturated carbocycles. The van der Waals surface area contributed by atoms with Crippen molar-refractivity contribution in [3.63, 3.8) is 0 Å². The number of para-hydroxylation sites is 1. The zero-order valence-electron chi connectivity index (χ0n) is 13.5. The van der Waals surface area contributed by atoms with E-state index >= 15 is 0 Å². The summed E-state index contributed by atoms with van der Waals surface area (Å²) in [5, 5.41) is 0.552. The second-order valence-electron chi connectivity index (χ2n) is 5.90. The van der Waals surface area contributed by atoms with Gasteiger partial charge in [0.2, 0.25) is 5.91 Å². The van der Waals surface area contributed by atoms with Crippen LogP contribution in [0.1, 0.15) is 33.6 Å². The van der Waals surface area contributed by atoms with E-state index in [0.29, 0.717) is 17.8 Å². The highest BCUT2D eigenvalue weighted by atomic mass is 32.2. The van der Waals surface area contributed by atoms with Gasteiger partial charge in [-0.2, -0.15) is 0 Å². The molecular weight excluding hydrogens is 280 g/mol. The smallest absolute Gasteiger partial charge is 0.241 e. The predicted molar refractivity (Wildman–Crippen MR) is 91.1 cm³/mol. The number of thioether (sulfide) groups is 1. The second kappa shape index (κ2) is 7.32. The van der Waals surface area contributed by atoms with Crippen molar-refractivity contribution in [1.82, 2.24) is 4.90 Å². The Bertz CT molecular complexity index is 491. The molecule has 0 N–H and O–H groups in total. The summed E-state index contributed by atoms with van der Waals surface area (Å²) in [7, 11) is 2.03. The lowest BCUT2D eigenvalue weighted by Crippen LogP contribution is -2.42. The fourth-order valence-corrected chi connectivity index (χ4v) is 3.62. The van der Waals surface area contributed by atoms with Gasteiger partial charge in [0.05, 0.1) is 12.2 Å². The molecule has 1 aliphatic rings. The summed E-state index contributed by atoms with van der Waals surface area (Å²) in [6.45, 7) is 7.87. The first-order valence-electron chi connectivity index (χ1n) is 7.79. The summed E-state index contributed by atoms with van der Waals surface area (Å²) in [4.78, 5) is 18.1. The summed E-state index contributed by atoms with van der Waals surface area (Å²) >= 11 is 1.88. The first-order chi connectivity index (χ1) is 10.0. The van der Waals surface area contributed by atoms with Crippen LogP contribution in [0.2, 0.25) is 0 Å². The van der Waals surface area contributed by atoms with Crippen LogP contribution >= 0.6 is 11.8 Å². The maximum atomic E-state index is 12.7. The number of hydrogen-bond donors (Lipinski definition) is 0. The molecule has 0 aliphatic carbocycles. The maximum Gasteiger partial charge on any atom is 0.241 e. The van der Waals surface area contributed by atoms with E-state index in [9.17, 15) is 4.79 Å². The summed E-state index contributed by atoms with van der Waals surface area (Å²) in [6, 6.07) is 8.71. The molecule has 1 heterocycles. The van der Waals surface area contributed by atoms with E-state index < -0.39 is 0 Å². The molecule has 0 spiro atoms. The number of fused-ring (bicyclic) bond motifs is 1. The summed E-state index contributed by atoms with van der Waals surface area (Å²) in [6.07, 6.45) is 2.10. The van der Waals surface area contributed by atoms with E-state index in [-0.39, 0.29) is 5.91 Å². The minimum absolute atomic E-state index is 0.208. The minimum Gasteiger partial charge on any atom is -0.310 e. The number of hydrogen-bond acceptors (Lipinski definition) is 3. The van der Waals surface area contributed by atoms with Gasteiger partial charge in [0.25, 0.3) is 0 Å². The van der Waals surface area contributed by atoms with E-state index in [0.717, 1.165) is 25.1 Å². The molecule has 0 fully saturated rings. The number of rotatable bonds is 4. The van der Waals surface area contributed by atoms with E-state index in [1.807, 2.05) is 29.8 Å². The Balaban J connectivity index is 2.17. The van der Waals surface area contributed by atoms with Gasteiger partial charge >= 0.3 is 0 Å². The zero-order valence-corrected chi connectivity index (χ0v) is 14.3. The number of anilines is 1. The molecule has 2 unspecified atom stereocenters. The summed E-state index contributed by atoms with van der Waals surface area (Å²) in [5.41, 5.74) is 1.08. The number of likely N-dealkylation sites (N-methyl/N-ethyl adjacent to an activating group) is 1. The highest BCUT2D eigenvalue weighted by Crippen LogP contribution is 2.37. The van der Waals surface area contributed by atoms with E-state index in [2.05, 4.69) is 43.9 Å². The summed E-state index contributed by atoms with van der Waals surface area (Å²) < 4.78 is 0. The number of benzene rings is 1. The van der Waals surface area contributed by atoms with Crippen molar-refractivity contribution in [2.24, 2.45) is 0 Å². The highest BCUT2D eigenvalue weighted by molar-refractivity contribution is 8.00. The van der Waals surface area contributed by atoms with Crippen molar-refractivity contribution >= 4 is 23.4 Å². The van der Waals surface area contributed by atoms with E-state index in [1.54, 1.807) is 0 Å². The van der Waals surface area contributed by atoms with Gasteiger partial charge in [0.15, 0.2) is 0 Å². The third-order valence-corrected chi connectivity index (χ3v) is 5.51. The number of nitrogens with zero attached hydrogens (tertiary/aromatic N) is 2. The molecule has 0 aromatic heterocycles. The molecule has 1 aromatic rings. The van der Waals surface area contributed by atoms with Gasteiger partial charge in [-0.05, 0) is 38.9 Å². The molecule has 3 nitrogen and oxygen atoms in total. The van der Waals surface area contributed by atoms with Crippen LogP contribution in [0.4, 0.5) is 5.69 Å². The number of amides is 1. The van der Waals surface area contributed by atoms with Crippen molar-refractivity contribution in [1.29, 1.82) is 0 Å². The fraction of sp³-hybridized carbons (Fsp3) is 0.588. The molecule has 0 saturated heterocycles. The molecule has 1 aromatic carbocycles. The molecule has 1 aliphatic heterocycles. The van der Waals surface area contributed by atoms with Crippen LogP contribution < -0.4 is 4.90 Å². The average Bonchev–Trinajstić information content (AvgIpc) is 2.64. The molecule has 2 atom stereocenters. The van der Waals surface area contributed by atoms with Crippen LogP contribution in [-0.2, 0) is 4.79 Å². The lowest BCUT2D eigenvalue weighted by atomic mass is 10.2. The molecule has 4 heteroatoms. The molecule has 2 rings (SSSR count). The Morgan fingerprint density at radius 3 is 2.90 bits per heavy atom. The lowest BCUT2D eigenvalue weighted by molar-refractivity contribution is -0.119. The van der Waals surface area contributed by atoms with Crippen molar-refractivity contribution in [3.05, 3.63) is 24.3 Å². The van der Waals surface area contributed by atoms with Gasteiger partial charge < -0.3 is 4.90 Å². The van der Waals surface area contributed by atoms with Crippen molar-refractivity contribution in [2.45, 2.75) is 49.8 Å². The van der Waals surface area contributed by atoms with Crippen LogP contribution in [-0.4, -0.2) is 42.2 Å². The average molecular weight is 306 g/mol. The van der Waals surface area contributed by atoms with Gasteiger partial charge in [0, 0.05) is 22.7 Å². The topological polar surface area (TPSA) is 23.6 Å². The Morgan fingerprint density at radius 1 is 1.48 bits per heavy atom. The molecule has 1 amide bonds. The van der Waals surface area contributed by atoms with E-state index in [4.69, 9.17) is 0 Å². The number of carbonyl (C=O) groups is 1. The first kappa shape index (κ1) is 16.4. The molecule has 0 radical (unpaired) electrons. The Hall–Kier alpha value is -1.00. The van der Waals surface area contributed by atoms with Crippen LogP contribution in [0.5, 0.6) is 0 Å². The van der Waals surface area contributed by atoms with Crippen LogP contribution in [0.3, 0.4) is 0 Å². The van der Waals surface area contributed by atoms with Crippen LogP contribution in [0.25, 0.3) is 0 Å². The third-order valence-electron chi connectivity index (χ3n) is 4.27. The normalized spacial score (nSPS) is 20.0. The fourth-order valence-electron chi connectivity index (χ4n) is 2.51. The third kappa shape index (κ3) is 4.01. The molecular formula is C17H26N2OS. The largest absolute Gasteiger partial charge is 0.310 e. The van der Waals surface area contributed by atoms with Gasteiger partial charge in [0.1, 0.15) is 0 Å². The standard InChI is InChI=1S/C17H26N2OS/c1-5-13(2)18(4)12-17(20)19-11-10-14(3)21-16-9-7-6-8-15(16)19/h6-9,13-14H,5,10-12H2,1-4H3. The van der Waals surface area contributed by atoms with E-state index in [1.165, 1.54) is 4.90 Å². The SMILES string of the molecule is CCC(C)N(C)CC(=O)N1CCC(C)Sc2ccccc21. The van der Waals surface area contributed by atoms with Crippen molar-refractivity contribution < 1.29 is 4.79 Å². The van der Waals surface area contributed by atoms with Crippen molar-refractivity contribution in [3.8, 4) is 0 Å². The Kier molecular flexibility index (Phi) is 5.71. The zero-order chi connectivity index (χ0) is 15.4. The minimum atomic E-state index is 0.208. The Morgan fingerprint density at radius 2 is 2.19 bits per heavy atom. The highest BCUT2D eigenvalue weighted by Gasteiger charge is 2.25. The van der Waals surface area contributed by atoms with Gasteiger partial charge in [-0.1, -0.05) is 26.0 Å². The van der Waals surface area contributed by atoms with Crippen LogP contribution in [0.15, 0.2) is 29.2 Å². The molecule has 116 valence electrons. The Labute approximate surface area is 132 Å². The predicted octanol–water partition coefficient (Wildman–Crippen LogP) is 3.63. The molecule has 0 bridgehead atoms. The monoisotopic (exact) mass is 306 g/mol. The summed E-state index contributed by atoms with van der Waals surface area (Å²) in [5.74, 6) is 0.208. The maximum absolute atomic E-state index is 12.7. The van der Waals surface area contributed by atoms with Crippen LogP contribution in [0, 0.1) is 0 Å². The van der Waals surface area contributed by atoms with Gasteiger partial charge in [-0.3, -0.25) is 9.69 Å². The number of carbonyl (C=O) groups excluding carboxylic acids is 1. The lowest BCUT2D eigenvalue weighted by Gasteiger charge is -2.28. The van der Waals surface area contributed by atoms with Gasteiger partial charge in [-0.15, -0.1) is 11.8 Å². The van der Waals surface area contributed by atoms with Crippen molar-refractivity contribution in [2.75, 3.05) is 25.0 Å².